The highest BCUT2D eigenvalue weighted by molar-refractivity contribution is 7.16. The van der Waals surface area contributed by atoms with Gasteiger partial charge in [-0.2, -0.15) is 4.99 Å². The first-order valence-corrected chi connectivity index (χ1v) is 8.38. The molecule has 0 unspecified atom stereocenters. The van der Waals surface area contributed by atoms with Crippen LogP contribution in [0.2, 0.25) is 0 Å². The maximum atomic E-state index is 13.0. The molecule has 1 heterocycles. The first-order chi connectivity index (χ1) is 11.5. The molecular formula is C18H17FN2O2S. The van der Waals surface area contributed by atoms with Crippen LogP contribution in [0.5, 0.6) is 5.75 Å². The molecule has 0 aliphatic rings. The fraction of sp³-hybridized carbons (Fsp3) is 0.222. The highest BCUT2D eigenvalue weighted by Gasteiger charge is 2.14. The third-order valence-electron chi connectivity index (χ3n) is 3.81. The normalized spacial score (nSPS) is 11.9. The number of aryl methyl sites for hydroxylation is 2. The van der Waals surface area contributed by atoms with Crippen LogP contribution in [0.3, 0.4) is 0 Å². The van der Waals surface area contributed by atoms with Crippen molar-refractivity contribution in [2.45, 2.75) is 20.4 Å². The van der Waals surface area contributed by atoms with E-state index in [0.717, 1.165) is 21.5 Å². The van der Waals surface area contributed by atoms with E-state index in [1.807, 2.05) is 30.5 Å². The quantitative estimate of drug-likeness (QED) is 0.723. The average Bonchev–Trinajstić information content (AvgIpc) is 2.95. The molecule has 0 N–H and O–H groups in total. The fourth-order valence-corrected chi connectivity index (χ4v) is 3.74. The molecule has 24 heavy (non-hydrogen) atoms. The number of hydrogen-bond acceptors (Lipinski definition) is 3. The number of rotatable bonds is 3. The summed E-state index contributed by atoms with van der Waals surface area (Å²) in [5.74, 6) is -0.0119. The summed E-state index contributed by atoms with van der Waals surface area (Å²) in [7, 11) is 1.63. The zero-order chi connectivity index (χ0) is 17.3. The minimum atomic E-state index is -0.389. The number of hydrogen-bond donors (Lipinski definition) is 0. The summed E-state index contributed by atoms with van der Waals surface area (Å²) in [6, 6.07) is 9.31. The van der Waals surface area contributed by atoms with E-state index in [-0.39, 0.29) is 11.7 Å². The summed E-state index contributed by atoms with van der Waals surface area (Å²) < 4.78 is 21.5. The molecular weight excluding hydrogens is 327 g/mol. The molecule has 124 valence electrons. The Hall–Kier alpha value is -2.47. The molecule has 0 radical (unpaired) electrons. The summed E-state index contributed by atoms with van der Waals surface area (Å²) in [6.07, 6.45) is 0. The van der Waals surface area contributed by atoms with E-state index >= 15 is 0 Å². The van der Waals surface area contributed by atoms with Crippen LogP contribution in [0.15, 0.2) is 41.4 Å². The number of carbonyl (C=O) groups is 1. The van der Waals surface area contributed by atoms with Crippen LogP contribution in [0.25, 0.3) is 10.2 Å². The fourth-order valence-electron chi connectivity index (χ4n) is 2.57. The molecule has 1 aromatic heterocycles. The van der Waals surface area contributed by atoms with Crippen LogP contribution in [-0.4, -0.2) is 17.6 Å². The zero-order valence-electron chi connectivity index (χ0n) is 13.7. The molecule has 0 spiro atoms. The molecule has 0 saturated carbocycles. The highest BCUT2D eigenvalue weighted by Crippen LogP contribution is 2.30. The summed E-state index contributed by atoms with van der Waals surface area (Å²) >= 11 is 1.45. The lowest BCUT2D eigenvalue weighted by Gasteiger charge is -2.07. The number of halogens is 1. The van der Waals surface area contributed by atoms with Gasteiger partial charge in [-0.1, -0.05) is 17.4 Å². The maximum Gasteiger partial charge on any atom is 0.279 e. The molecule has 0 fully saturated rings. The van der Waals surface area contributed by atoms with Crippen LogP contribution >= 0.6 is 11.3 Å². The van der Waals surface area contributed by atoms with Crippen molar-refractivity contribution in [3.8, 4) is 5.75 Å². The lowest BCUT2D eigenvalue weighted by atomic mass is 10.2. The molecule has 4 nitrogen and oxygen atoms in total. The SMILES string of the molecule is CCn1c(=NC(=O)c2ccc(F)cc2)sc2c(C)ccc(OC)c21. The van der Waals surface area contributed by atoms with Gasteiger partial charge in [0.15, 0.2) is 4.80 Å². The third-order valence-corrected chi connectivity index (χ3v) is 5.02. The van der Waals surface area contributed by atoms with Crippen molar-refractivity contribution >= 4 is 27.5 Å². The minimum Gasteiger partial charge on any atom is -0.495 e. The van der Waals surface area contributed by atoms with Gasteiger partial charge in [0.1, 0.15) is 17.1 Å². The van der Waals surface area contributed by atoms with Gasteiger partial charge >= 0.3 is 0 Å². The van der Waals surface area contributed by atoms with Gasteiger partial charge in [0, 0.05) is 12.1 Å². The van der Waals surface area contributed by atoms with E-state index in [1.165, 1.54) is 35.6 Å². The number of amides is 1. The zero-order valence-corrected chi connectivity index (χ0v) is 14.5. The number of benzene rings is 2. The molecule has 0 aliphatic heterocycles. The Bertz CT molecular complexity index is 971. The van der Waals surface area contributed by atoms with Crippen molar-refractivity contribution in [1.29, 1.82) is 0 Å². The summed E-state index contributed by atoms with van der Waals surface area (Å²) in [6.45, 7) is 4.68. The molecule has 3 aromatic rings. The highest BCUT2D eigenvalue weighted by atomic mass is 32.1. The van der Waals surface area contributed by atoms with E-state index in [2.05, 4.69) is 4.99 Å². The predicted molar refractivity (Wildman–Crippen MR) is 93.1 cm³/mol. The van der Waals surface area contributed by atoms with E-state index in [0.29, 0.717) is 16.9 Å². The Labute approximate surface area is 142 Å². The minimum absolute atomic E-state index is 0.361. The Morgan fingerprint density at radius 3 is 2.58 bits per heavy atom. The van der Waals surface area contributed by atoms with Crippen molar-refractivity contribution in [1.82, 2.24) is 4.57 Å². The Kier molecular flexibility index (Phi) is 4.49. The summed E-state index contributed by atoms with van der Waals surface area (Å²) in [5.41, 5.74) is 2.41. The lowest BCUT2D eigenvalue weighted by Crippen LogP contribution is -2.16. The van der Waals surface area contributed by atoms with E-state index in [4.69, 9.17) is 4.74 Å². The van der Waals surface area contributed by atoms with Crippen LogP contribution in [0.1, 0.15) is 22.8 Å². The molecule has 0 atom stereocenters. The third kappa shape index (κ3) is 2.85. The van der Waals surface area contributed by atoms with Crippen LogP contribution in [0, 0.1) is 12.7 Å². The van der Waals surface area contributed by atoms with E-state index in [9.17, 15) is 9.18 Å². The van der Waals surface area contributed by atoms with Crippen molar-refractivity contribution < 1.29 is 13.9 Å². The maximum absolute atomic E-state index is 13.0. The van der Waals surface area contributed by atoms with Gasteiger partial charge in [-0.05, 0) is 49.7 Å². The van der Waals surface area contributed by atoms with Crippen molar-refractivity contribution in [3.05, 3.63) is 58.1 Å². The number of carbonyl (C=O) groups excluding carboxylic acids is 1. The Balaban J connectivity index is 2.20. The van der Waals surface area contributed by atoms with Crippen molar-refractivity contribution in [2.75, 3.05) is 7.11 Å². The average molecular weight is 344 g/mol. The summed E-state index contributed by atoms with van der Waals surface area (Å²) in [5, 5.41) is 0. The van der Waals surface area contributed by atoms with Crippen LogP contribution in [-0.2, 0) is 6.54 Å². The number of thiazole rings is 1. The molecule has 3 rings (SSSR count). The van der Waals surface area contributed by atoms with Crippen molar-refractivity contribution in [3.63, 3.8) is 0 Å². The largest absolute Gasteiger partial charge is 0.495 e. The van der Waals surface area contributed by atoms with Crippen molar-refractivity contribution in [2.24, 2.45) is 4.99 Å². The van der Waals surface area contributed by atoms with Crippen LogP contribution < -0.4 is 9.54 Å². The molecule has 1 amide bonds. The first-order valence-electron chi connectivity index (χ1n) is 7.56. The Morgan fingerprint density at radius 2 is 1.96 bits per heavy atom. The van der Waals surface area contributed by atoms with E-state index in [1.54, 1.807) is 7.11 Å². The second kappa shape index (κ2) is 6.57. The number of ether oxygens (including phenoxy) is 1. The van der Waals surface area contributed by atoms with Gasteiger partial charge in [0.2, 0.25) is 0 Å². The molecule has 0 saturated heterocycles. The topological polar surface area (TPSA) is 43.6 Å². The monoisotopic (exact) mass is 344 g/mol. The smallest absolute Gasteiger partial charge is 0.279 e. The predicted octanol–water partition coefficient (Wildman–Crippen LogP) is 3.92. The number of methoxy groups -OCH3 is 1. The number of fused-ring (bicyclic) bond motifs is 1. The van der Waals surface area contributed by atoms with Gasteiger partial charge in [0.25, 0.3) is 5.91 Å². The van der Waals surface area contributed by atoms with Crippen LogP contribution in [0.4, 0.5) is 4.39 Å². The second-order valence-electron chi connectivity index (χ2n) is 5.32. The second-order valence-corrected chi connectivity index (χ2v) is 6.29. The van der Waals surface area contributed by atoms with Gasteiger partial charge in [-0.15, -0.1) is 0 Å². The van der Waals surface area contributed by atoms with Gasteiger partial charge in [-0.3, -0.25) is 4.79 Å². The number of aromatic nitrogens is 1. The molecule has 0 bridgehead atoms. The van der Waals surface area contributed by atoms with Gasteiger partial charge < -0.3 is 9.30 Å². The van der Waals surface area contributed by atoms with Gasteiger partial charge in [0.05, 0.1) is 11.8 Å². The molecule has 6 heteroatoms. The molecule has 2 aromatic carbocycles. The van der Waals surface area contributed by atoms with E-state index < -0.39 is 0 Å². The molecule has 0 aliphatic carbocycles. The standard InChI is InChI=1S/C18H17FN2O2S/c1-4-21-15-14(23-3)10-5-11(2)16(15)24-18(21)20-17(22)12-6-8-13(19)9-7-12/h5-10H,4H2,1-3H3. The van der Waals surface area contributed by atoms with Gasteiger partial charge in [-0.25, -0.2) is 4.39 Å². The first kappa shape index (κ1) is 16.4. The Morgan fingerprint density at radius 1 is 1.25 bits per heavy atom. The lowest BCUT2D eigenvalue weighted by molar-refractivity contribution is 0.0998. The number of nitrogens with zero attached hydrogens (tertiary/aromatic N) is 2. The summed E-state index contributed by atoms with van der Waals surface area (Å²) in [4.78, 5) is 17.2.